The van der Waals surface area contributed by atoms with Gasteiger partial charge in [-0.1, -0.05) is 6.92 Å². The van der Waals surface area contributed by atoms with Crippen molar-refractivity contribution in [2.75, 3.05) is 11.5 Å². The number of rotatable bonds is 2. The first-order valence-electron chi connectivity index (χ1n) is 3.72. The number of hydrogen-bond acceptors (Lipinski definition) is 2. The minimum atomic E-state index is 0.518. The Hall–Kier alpha value is -0.180. The Labute approximate surface area is 66.3 Å². The third kappa shape index (κ3) is 2.21. The van der Waals surface area contributed by atoms with Gasteiger partial charge in [0.05, 0.1) is 11.9 Å². The average Bonchev–Trinajstić information content (AvgIpc) is 2.40. The highest BCUT2D eigenvalue weighted by atomic mass is 32.2. The van der Waals surface area contributed by atoms with Gasteiger partial charge in [-0.3, -0.25) is 4.99 Å². The fraction of sp³-hybridized carbons (Fsp3) is 0.857. The molecule has 58 valence electrons. The molecule has 0 amide bonds. The van der Waals surface area contributed by atoms with E-state index in [1.807, 2.05) is 18.7 Å². The molecule has 1 aliphatic rings. The Morgan fingerprint density at radius 1 is 1.80 bits per heavy atom. The van der Waals surface area contributed by atoms with Crippen LogP contribution in [0.25, 0.3) is 0 Å². The number of aliphatic imine (C=N–C) groups is 1. The van der Waals surface area contributed by atoms with Crippen LogP contribution < -0.4 is 5.73 Å². The van der Waals surface area contributed by atoms with Crippen LogP contribution in [0, 0.1) is 0 Å². The van der Waals surface area contributed by atoms with Gasteiger partial charge in [-0.2, -0.15) is 11.8 Å². The summed E-state index contributed by atoms with van der Waals surface area (Å²) in [6.07, 6.45) is 2.10. The molecule has 2 nitrogen and oxygen atoms in total. The van der Waals surface area contributed by atoms with Gasteiger partial charge in [0, 0.05) is 12.2 Å². The maximum Gasteiger partial charge on any atom is 0.0938 e. The van der Waals surface area contributed by atoms with E-state index in [2.05, 4.69) is 4.99 Å². The third-order valence-corrected chi connectivity index (χ3v) is 2.76. The van der Waals surface area contributed by atoms with Gasteiger partial charge in [0.1, 0.15) is 0 Å². The van der Waals surface area contributed by atoms with Crippen LogP contribution >= 0.6 is 11.8 Å². The van der Waals surface area contributed by atoms with Crippen LogP contribution in [0.2, 0.25) is 0 Å². The lowest BCUT2D eigenvalue weighted by atomic mass is 10.3. The van der Waals surface area contributed by atoms with Crippen molar-refractivity contribution in [1.82, 2.24) is 0 Å². The molecule has 0 aromatic carbocycles. The average molecular weight is 158 g/mol. The summed E-state index contributed by atoms with van der Waals surface area (Å²) in [5.74, 6) is 3.23. The SMILES string of the molecule is CCC(N)=NC1CCSC1. The second-order valence-electron chi connectivity index (χ2n) is 2.49. The van der Waals surface area contributed by atoms with Crippen molar-refractivity contribution in [1.29, 1.82) is 0 Å². The van der Waals surface area contributed by atoms with E-state index in [4.69, 9.17) is 5.73 Å². The third-order valence-electron chi connectivity index (χ3n) is 1.62. The smallest absolute Gasteiger partial charge is 0.0938 e. The predicted octanol–water partition coefficient (Wildman–Crippen LogP) is 1.26. The van der Waals surface area contributed by atoms with Crippen molar-refractivity contribution in [2.45, 2.75) is 25.8 Å². The van der Waals surface area contributed by atoms with Crippen LogP contribution in [0.5, 0.6) is 0 Å². The molecule has 1 atom stereocenters. The summed E-state index contributed by atoms with van der Waals surface area (Å²) in [5.41, 5.74) is 5.59. The van der Waals surface area contributed by atoms with Gasteiger partial charge in [0.15, 0.2) is 0 Å². The first-order valence-corrected chi connectivity index (χ1v) is 4.88. The molecule has 1 saturated heterocycles. The molecule has 0 bridgehead atoms. The van der Waals surface area contributed by atoms with Gasteiger partial charge in [0.25, 0.3) is 0 Å². The van der Waals surface area contributed by atoms with Crippen molar-refractivity contribution in [3.05, 3.63) is 0 Å². The molecule has 1 heterocycles. The maximum absolute atomic E-state index is 5.59. The molecule has 1 aliphatic heterocycles. The summed E-state index contributed by atoms with van der Waals surface area (Å²) in [4.78, 5) is 4.37. The zero-order chi connectivity index (χ0) is 7.40. The van der Waals surface area contributed by atoms with Gasteiger partial charge in [-0.15, -0.1) is 0 Å². The minimum Gasteiger partial charge on any atom is -0.387 e. The lowest BCUT2D eigenvalue weighted by Gasteiger charge is -2.01. The second kappa shape index (κ2) is 3.86. The van der Waals surface area contributed by atoms with Crippen LogP contribution in [0.3, 0.4) is 0 Å². The number of thioether (sulfide) groups is 1. The summed E-state index contributed by atoms with van der Waals surface area (Å²) < 4.78 is 0. The van der Waals surface area contributed by atoms with Crippen LogP contribution in [-0.4, -0.2) is 23.4 Å². The Balaban J connectivity index is 2.34. The maximum atomic E-state index is 5.59. The van der Waals surface area contributed by atoms with Crippen LogP contribution in [-0.2, 0) is 0 Å². The van der Waals surface area contributed by atoms with Crippen LogP contribution in [0.4, 0.5) is 0 Å². The van der Waals surface area contributed by atoms with Crippen molar-refractivity contribution >= 4 is 17.6 Å². The molecule has 0 spiro atoms. The van der Waals surface area contributed by atoms with Gasteiger partial charge in [0.2, 0.25) is 0 Å². The lowest BCUT2D eigenvalue weighted by molar-refractivity contribution is 0.757. The van der Waals surface area contributed by atoms with E-state index in [0.29, 0.717) is 6.04 Å². The molecule has 0 radical (unpaired) electrons. The summed E-state index contributed by atoms with van der Waals surface area (Å²) in [7, 11) is 0. The van der Waals surface area contributed by atoms with E-state index in [9.17, 15) is 0 Å². The van der Waals surface area contributed by atoms with E-state index < -0.39 is 0 Å². The standard InChI is InChI=1S/C7H14N2S/c1-2-7(8)9-6-3-4-10-5-6/h6H,2-5H2,1H3,(H2,8,9). The molecule has 10 heavy (non-hydrogen) atoms. The van der Waals surface area contributed by atoms with Crippen molar-refractivity contribution in [2.24, 2.45) is 10.7 Å². The van der Waals surface area contributed by atoms with E-state index in [1.165, 1.54) is 17.9 Å². The molecule has 0 saturated carbocycles. The van der Waals surface area contributed by atoms with Crippen LogP contribution in [0.15, 0.2) is 4.99 Å². The molecule has 0 aromatic rings. The fourth-order valence-corrected chi connectivity index (χ4v) is 2.07. The number of nitrogens with two attached hydrogens (primary N) is 1. The Kier molecular flexibility index (Phi) is 3.06. The second-order valence-corrected chi connectivity index (χ2v) is 3.64. The molecule has 2 N–H and O–H groups in total. The number of hydrogen-bond donors (Lipinski definition) is 1. The first kappa shape index (κ1) is 7.92. The monoisotopic (exact) mass is 158 g/mol. The predicted molar refractivity (Wildman–Crippen MR) is 47.6 cm³/mol. The van der Waals surface area contributed by atoms with E-state index in [0.717, 1.165) is 12.3 Å². The highest BCUT2D eigenvalue weighted by Crippen LogP contribution is 2.19. The first-order chi connectivity index (χ1) is 4.83. The summed E-state index contributed by atoms with van der Waals surface area (Å²) in [5, 5.41) is 0. The molecule has 1 fully saturated rings. The normalized spacial score (nSPS) is 27.3. The van der Waals surface area contributed by atoms with E-state index in [1.54, 1.807) is 0 Å². The van der Waals surface area contributed by atoms with Gasteiger partial charge < -0.3 is 5.73 Å². The van der Waals surface area contributed by atoms with E-state index >= 15 is 0 Å². The number of nitrogens with zero attached hydrogens (tertiary/aromatic N) is 1. The lowest BCUT2D eigenvalue weighted by Crippen LogP contribution is -2.15. The van der Waals surface area contributed by atoms with Gasteiger partial charge in [-0.05, 0) is 12.2 Å². The molecular formula is C7H14N2S. The van der Waals surface area contributed by atoms with Crippen molar-refractivity contribution < 1.29 is 0 Å². The summed E-state index contributed by atoms with van der Waals surface area (Å²) in [6.45, 7) is 2.04. The molecule has 3 heteroatoms. The van der Waals surface area contributed by atoms with Crippen molar-refractivity contribution in [3.63, 3.8) is 0 Å². The molecular weight excluding hydrogens is 144 g/mol. The van der Waals surface area contributed by atoms with Gasteiger partial charge in [-0.25, -0.2) is 0 Å². The Morgan fingerprint density at radius 3 is 3.10 bits per heavy atom. The number of amidine groups is 1. The quantitative estimate of drug-likeness (QED) is 0.485. The molecule has 0 aliphatic carbocycles. The zero-order valence-corrected chi connectivity index (χ0v) is 7.16. The highest BCUT2D eigenvalue weighted by Gasteiger charge is 2.13. The topological polar surface area (TPSA) is 38.4 Å². The summed E-state index contributed by atoms with van der Waals surface area (Å²) >= 11 is 1.97. The zero-order valence-electron chi connectivity index (χ0n) is 6.34. The Morgan fingerprint density at radius 2 is 2.60 bits per heavy atom. The van der Waals surface area contributed by atoms with Gasteiger partial charge >= 0.3 is 0 Å². The molecule has 0 aromatic heterocycles. The Bertz CT molecular complexity index is 128. The molecule has 1 unspecified atom stereocenters. The minimum absolute atomic E-state index is 0.518. The van der Waals surface area contributed by atoms with E-state index in [-0.39, 0.29) is 0 Å². The van der Waals surface area contributed by atoms with Crippen molar-refractivity contribution in [3.8, 4) is 0 Å². The fourth-order valence-electron chi connectivity index (χ4n) is 0.950. The molecule has 1 rings (SSSR count). The highest BCUT2D eigenvalue weighted by molar-refractivity contribution is 7.99. The summed E-state index contributed by atoms with van der Waals surface area (Å²) in [6, 6.07) is 0.518. The largest absolute Gasteiger partial charge is 0.387 e. The van der Waals surface area contributed by atoms with Crippen LogP contribution in [0.1, 0.15) is 19.8 Å².